The lowest BCUT2D eigenvalue weighted by molar-refractivity contribution is 0.0526. The van der Waals surface area contributed by atoms with Crippen LogP contribution in [-0.4, -0.2) is 18.6 Å². The summed E-state index contributed by atoms with van der Waals surface area (Å²) in [5, 5.41) is 0. The maximum absolute atomic E-state index is 11.8. The molecule has 1 atom stereocenters. The summed E-state index contributed by atoms with van der Waals surface area (Å²) in [7, 11) is 0. The van der Waals surface area contributed by atoms with Crippen LogP contribution in [0.25, 0.3) is 11.1 Å². The third-order valence-corrected chi connectivity index (χ3v) is 3.68. The van der Waals surface area contributed by atoms with Crippen molar-refractivity contribution in [2.24, 2.45) is 5.73 Å². The van der Waals surface area contributed by atoms with E-state index >= 15 is 0 Å². The van der Waals surface area contributed by atoms with Gasteiger partial charge in [-0.1, -0.05) is 43.3 Å². The molecule has 0 spiro atoms. The van der Waals surface area contributed by atoms with Gasteiger partial charge in [0, 0.05) is 6.04 Å². The van der Waals surface area contributed by atoms with E-state index in [0.717, 1.165) is 24.0 Å². The Balaban J connectivity index is 0.00000264. The van der Waals surface area contributed by atoms with Gasteiger partial charge in [0.25, 0.3) is 0 Å². The van der Waals surface area contributed by atoms with Crippen LogP contribution in [0.1, 0.15) is 36.2 Å². The number of ether oxygens (including phenoxy) is 1. The number of rotatable bonds is 6. The molecular formula is C19H24ClNO2. The van der Waals surface area contributed by atoms with Crippen molar-refractivity contribution in [2.75, 3.05) is 6.61 Å². The zero-order valence-electron chi connectivity index (χ0n) is 13.6. The molecule has 2 aromatic carbocycles. The van der Waals surface area contributed by atoms with E-state index in [2.05, 4.69) is 31.2 Å². The molecule has 0 fully saturated rings. The number of carbonyl (C=O) groups is 1. The molecule has 23 heavy (non-hydrogen) atoms. The summed E-state index contributed by atoms with van der Waals surface area (Å²) < 4.78 is 5.04. The lowest BCUT2D eigenvalue weighted by atomic mass is 9.99. The van der Waals surface area contributed by atoms with Crippen molar-refractivity contribution >= 4 is 18.4 Å². The highest BCUT2D eigenvalue weighted by Crippen LogP contribution is 2.22. The molecule has 124 valence electrons. The highest BCUT2D eigenvalue weighted by Gasteiger charge is 2.08. The summed E-state index contributed by atoms with van der Waals surface area (Å²) in [4.78, 5) is 11.8. The van der Waals surface area contributed by atoms with Crippen molar-refractivity contribution in [3.8, 4) is 11.1 Å². The molecule has 3 nitrogen and oxygen atoms in total. The molecule has 2 rings (SSSR count). The van der Waals surface area contributed by atoms with Gasteiger partial charge in [0.2, 0.25) is 0 Å². The molecule has 0 aliphatic heterocycles. The first kappa shape index (κ1) is 19.2. The summed E-state index contributed by atoms with van der Waals surface area (Å²) in [6.07, 6.45) is 1.86. The molecular weight excluding hydrogens is 310 g/mol. The molecule has 1 unspecified atom stereocenters. The highest BCUT2D eigenvalue weighted by molar-refractivity contribution is 5.91. The summed E-state index contributed by atoms with van der Waals surface area (Å²) in [5.41, 5.74) is 9.89. The van der Waals surface area contributed by atoms with E-state index in [4.69, 9.17) is 10.5 Å². The van der Waals surface area contributed by atoms with Gasteiger partial charge in [-0.25, -0.2) is 4.79 Å². The fourth-order valence-electron chi connectivity index (χ4n) is 2.32. The van der Waals surface area contributed by atoms with Crippen LogP contribution in [0.4, 0.5) is 0 Å². The number of hydrogen-bond acceptors (Lipinski definition) is 3. The van der Waals surface area contributed by atoms with E-state index < -0.39 is 0 Å². The predicted octanol–water partition coefficient (Wildman–Crippen LogP) is 4.23. The Hall–Kier alpha value is -1.84. The van der Waals surface area contributed by atoms with E-state index in [-0.39, 0.29) is 24.4 Å². The molecule has 0 bridgehead atoms. The average Bonchev–Trinajstić information content (AvgIpc) is 2.56. The monoisotopic (exact) mass is 333 g/mol. The normalized spacial score (nSPS) is 11.4. The molecule has 0 heterocycles. The SMILES string of the molecule is CCOC(=O)c1cccc(-c2ccc(CC(N)CC)cc2)c1.Cl. The van der Waals surface area contributed by atoms with Crippen molar-refractivity contribution in [2.45, 2.75) is 32.7 Å². The standard InChI is InChI=1S/C19H23NO2.ClH/c1-3-18(20)12-14-8-10-15(11-9-14)16-6-5-7-17(13-16)19(21)22-4-2;/h5-11,13,18H,3-4,12,20H2,1-2H3;1H. The van der Waals surface area contributed by atoms with Crippen LogP contribution in [0.5, 0.6) is 0 Å². The number of halogens is 1. The zero-order valence-corrected chi connectivity index (χ0v) is 14.4. The second-order valence-corrected chi connectivity index (χ2v) is 5.37. The average molecular weight is 334 g/mol. The van der Waals surface area contributed by atoms with Crippen LogP contribution < -0.4 is 5.73 Å². The fraction of sp³-hybridized carbons (Fsp3) is 0.316. The van der Waals surface area contributed by atoms with E-state index in [0.29, 0.717) is 12.2 Å². The van der Waals surface area contributed by atoms with Gasteiger partial charge in [-0.3, -0.25) is 0 Å². The predicted molar refractivity (Wildman–Crippen MR) is 97.1 cm³/mol. The van der Waals surface area contributed by atoms with Crippen LogP contribution in [0.2, 0.25) is 0 Å². The lowest BCUT2D eigenvalue weighted by Crippen LogP contribution is -2.21. The summed E-state index contributed by atoms with van der Waals surface area (Å²) in [6, 6.07) is 16.1. The molecule has 2 N–H and O–H groups in total. The van der Waals surface area contributed by atoms with Gasteiger partial charge in [-0.2, -0.15) is 0 Å². The van der Waals surface area contributed by atoms with Crippen molar-refractivity contribution in [1.82, 2.24) is 0 Å². The maximum atomic E-state index is 11.8. The minimum atomic E-state index is -0.283. The van der Waals surface area contributed by atoms with E-state index in [1.54, 1.807) is 6.07 Å². The lowest BCUT2D eigenvalue weighted by Gasteiger charge is -2.10. The quantitative estimate of drug-likeness (QED) is 0.805. The summed E-state index contributed by atoms with van der Waals surface area (Å²) >= 11 is 0. The maximum Gasteiger partial charge on any atom is 0.338 e. The van der Waals surface area contributed by atoms with E-state index in [9.17, 15) is 4.79 Å². The Morgan fingerprint density at radius 1 is 1.09 bits per heavy atom. The molecule has 0 amide bonds. The second-order valence-electron chi connectivity index (χ2n) is 5.37. The molecule has 0 aliphatic carbocycles. The highest BCUT2D eigenvalue weighted by atomic mass is 35.5. The number of nitrogens with two attached hydrogens (primary N) is 1. The van der Waals surface area contributed by atoms with Gasteiger partial charge < -0.3 is 10.5 Å². The Morgan fingerprint density at radius 3 is 2.39 bits per heavy atom. The number of carbonyl (C=O) groups excluding carboxylic acids is 1. The van der Waals surface area contributed by atoms with Crippen molar-refractivity contribution in [3.05, 3.63) is 59.7 Å². The molecule has 2 aromatic rings. The number of benzene rings is 2. The zero-order chi connectivity index (χ0) is 15.9. The van der Waals surface area contributed by atoms with E-state index in [1.807, 2.05) is 25.1 Å². The van der Waals surface area contributed by atoms with Gasteiger partial charge in [-0.15, -0.1) is 12.4 Å². The molecule has 0 aromatic heterocycles. The number of hydrogen-bond donors (Lipinski definition) is 1. The largest absolute Gasteiger partial charge is 0.462 e. The minimum Gasteiger partial charge on any atom is -0.462 e. The van der Waals surface area contributed by atoms with Crippen LogP contribution in [0.3, 0.4) is 0 Å². The van der Waals surface area contributed by atoms with Gasteiger partial charge in [0.1, 0.15) is 0 Å². The molecule has 0 radical (unpaired) electrons. The van der Waals surface area contributed by atoms with Gasteiger partial charge in [0.15, 0.2) is 0 Å². The number of esters is 1. The fourth-order valence-corrected chi connectivity index (χ4v) is 2.32. The molecule has 0 saturated carbocycles. The summed E-state index contributed by atoms with van der Waals surface area (Å²) in [5.74, 6) is -0.283. The van der Waals surface area contributed by atoms with Gasteiger partial charge >= 0.3 is 5.97 Å². The third-order valence-electron chi connectivity index (χ3n) is 3.68. The second kappa shape index (κ2) is 9.33. The van der Waals surface area contributed by atoms with Crippen LogP contribution >= 0.6 is 12.4 Å². The smallest absolute Gasteiger partial charge is 0.338 e. The van der Waals surface area contributed by atoms with E-state index in [1.165, 1.54) is 5.56 Å². The van der Waals surface area contributed by atoms with Crippen LogP contribution in [0.15, 0.2) is 48.5 Å². The Kier molecular flexibility index (Phi) is 7.79. The van der Waals surface area contributed by atoms with Crippen molar-refractivity contribution < 1.29 is 9.53 Å². The van der Waals surface area contributed by atoms with Crippen LogP contribution in [-0.2, 0) is 11.2 Å². The Bertz CT molecular complexity index is 626. The first-order valence-corrected chi connectivity index (χ1v) is 7.76. The van der Waals surface area contributed by atoms with Crippen molar-refractivity contribution in [3.63, 3.8) is 0 Å². The van der Waals surface area contributed by atoms with Crippen LogP contribution in [0, 0.1) is 0 Å². The third kappa shape index (κ3) is 5.38. The Morgan fingerprint density at radius 2 is 1.78 bits per heavy atom. The van der Waals surface area contributed by atoms with Gasteiger partial charge in [-0.05, 0) is 48.6 Å². The first-order valence-electron chi connectivity index (χ1n) is 7.76. The minimum absolute atomic E-state index is 0. The van der Waals surface area contributed by atoms with Crippen molar-refractivity contribution in [1.29, 1.82) is 0 Å². The Labute approximate surface area is 144 Å². The topological polar surface area (TPSA) is 52.3 Å². The summed E-state index contributed by atoms with van der Waals surface area (Å²) in [6.45, 7) is 4.29. The molecule has 0 saturated heterocycles. The first-order chi connectivity index (χ1) is 10.6. The van der Waals surface area contributed by atoms with Gasteiger partial charge in [0.05, 0.1) is 12.2 Å². The molecule has 4 heteroatoms. The molecule has 0 aliphatic rings.